The van der Waals surface area contributed by atoms with Gasteiger partial charge in [-0.1, -0.05) is 65.0 Å². The van der Waals surface area contributed by atoms with E-state index in [1.165, 1.54) is 31.2 Å². The summed E-state index contributed by atoms with van der Waals surface area (Å²) in [5.41, 5.74) is 2.14. The molecule has 2 rings (SSSR count). The average Bonchev–Trinajstić information content (AvgIpc) is 2.45. The monoisotopic (exact) mass is 288 g/mol. The van der Waals surface area contributed by atoms with Crippen molar-refractivity contribution >= 4 is 0 Å². The lowest BCUT2D eigenvalue weighted by atomic mass is 9.54. The van der Waals surface area contributed by atoms with Crippen molar-refractivity contribution in [3.05, 3.63) is 35.9 Å². The summed E-state index contributed by atoms with van der Waals surface area (Å²) in [6.07, 6.45) is 5.46. The third-order valence-electron chi connectivity index (χ3n) is 5.75. The first kappa shape index (κ1) is 16.5. The van der Waals surface area contributed by atoms with Crippen LogP contribution in [0.15, 0.2) is 30.3 Å². The van der Waals surface area contributed by atoms with Crippen LogP contribution in [0.25, 0.3) is 0 Å². The molecule has 1 aromatic carbocycles. The smallest absolute Gasteiger partial charge is 0.0720 e. The maximum Gasteiger partial charge on any atom is 0.0720 e. The minimum Gasteiger partial charge on any atom is -0.374 e. The lowest BCUT2D eigenvalue weighted by Gasteiger charge is -2.52. The van der Waals surface area contributed by atoms with Crippen molar-refractivity contribution in [2.45, 2.75) is 73.0 Å². The van der Waals surface area contributed by atoms with Crippen LogP contribution in [0.4, 0.5) is 0 Å². The number of ether oxygens (including phenoxy) is 1. The molecule has 1 aliphatic rings. The Kier molecular flexibility index (Phi) is 5.14. The third-order valence-corrected chi connectivity index (χ3v) is 5.75. The first-order valence-electron chi connectivity index (χ1n) is 8.51. The van der Waals surface area contributed by atoms with E-state index in [0.717, 1.165) is 12.5 Å². The molecule has 0 aliphatic heterocycles. The Hall–Kier alpha value is -0.820. The topological polar surface area (TPSA) is 9.23 Å². The van der Waals surface area contributed by atoms with Crippen LogP contribution in [-0.2, 0) is 11.3 Å². The summed E-state index contributed by atoms with van der Waals surface area (Å²) < 4.78 is 6.15. The van der Waals surface area contributed by atoms with Crippen LogP contribution in [0.2, 0.25) is 0 Å². The van der Waals surface area contributed by atoms with Crippen molar-refractivity contribution in [3.63, 3.8) is 0 Å². The van der Waals surface area contributed by atoms with Crippen LogP contribution in [-0.4, -0.2) is 6.10 Å². The average molecular weight is 288 g/mol. The van der Waals surface area contributed by atoms with E-state index in [0.29, 0.717) is 16.9 Å². The highest BCUT2D eigenvalue weighted by Crippen LogP contribution is 2.54. The maximum atomic E-state index is 6.15. The second kappa shape index (κ2) is 6.52. The zero-order valence-corrected chi connectivity index (χ0v) is 14.5. The molecule has 0 atom stereocenters. The number of hydrogen-bond donors (Lipinski definition) is 0. The van der Waals surface area contributed by atoms with E-state index < -0.39 is 0 Å². The van der Waals surface area contributed by atoms with E-state index >= 15 is 0 Å². The summed E-state index contributed by atoms with van der Waals surface area (Å²) in [5, 5.41) is 0. The van der Waals surface area contributed by atoms with Gasteiger partial charge >= 0.3 is 0 Å². The van der Waals surface area contributed by atoms with Gasteiger partial charge in [-0.25, -0.2) is 0 Å². The van der Waals surface area contributed by atoms with Gasteiger partial charge in [0.1, 0.15) is 0 Å². The van der Waals surface area contributed by atoms with Crippen LogP contribution >= 0.6 is 0 Å². The van der Waals surface area contributed by atoms with Crippen molar-refractivity contribution in [1.82, 2.24) is 0 Å². The molecular weight excluding hydrogens is 256 g/mol. The molecular formula is C20H32O. The van der Waals surface area contributed by atoms with Crippen molar-refractivity contribution in [3.8, 4) is 0 Å². The van der Waals surface area contributed by atoms with Crippen molar-refractivity contribution < 1.29 is 4.74 Å². The second-order valence-electron chi connectivity index (χ2n) is 8.06. The lowest BCUT2D eigenvalue weighted by molar-refractivity contribution is -0.0698. The van der Waals surface area contributed by atoms with Gasteiger partial charge < -0.3 is 4.74 Å². The molecule has 0 aromatic heterocycles. The Labute approximate surface area is 131 Å². The molecule has 1 saturated carbocycles. The summed E-state index contributed by atoms with van der Waals surface area (Å²) in [6.45, 7) is 12.8. The van der Waals surface area contributed by atoms with Crippen LogP contribution in [0.1, 0.15) is 65.9 Å². The molecule has 1 fully saturated rings. The summed E-state index contributed by atoms with van der Waals surface area (Å²) in [5.74, 6) is 0.743. The highest BCUT2D eigenvalue weighted by Gasteiger charge is 2.46. The molecule has 0 amide bonds. The Morgan fingerprint density at radius 3 is 2.14 bits per heavy atom. The molecule has 0 unspecified atom stereocenters. The molecule has 0 heterocycles. The minimum atomic E-state index is 0.381. The van der Waals surface area contributed by atoms with Gasteiger partial charge in [0.05, 0.1) is 12.7 Å². The standard InChI is InChI=1S/C20H32O/c1-16(2)20(19(3,4)5)13-11-18(12-14-20)21-15-17-9-7-6-8-10-17/h6-10,16,18H,11-15H2,1-5H3. The number of benzene rings is 1. The summed E-state index contributed by atoms with van der Waals surface area (Å²) in [7, 11) is 0. The van der Waals surface area contributed by atoms with Crippen LogP contribution in [0.3, 0.4) is 0 Å². The molecule has 118 valence electrons. The molecule has 1 nitrogen and oxygen atoms in total. The molecule has 0 bridgehead atoms. The van der Waals surface area contributed by atoms with Crippen molar-refractivity contribution in [2.75, 3.05) is 0 Å². The molecule has 0 N–H and O–H groups in total. The SMILES string of the molecule is CC(C)C1(C(C)(C)C)CCC(OCc2ccccc2)CC1. The van der Waals surface area contributed by atoms with Crippen molar-refractivity contribution in [2.24, 2.45) is 16.7 Å². The predicted molar refractivity (Wildman–Crippen MR) is 90.2 cm³/mol. The highest BCUT2D eigenvalue weighted by atomic mass is 16.5. The van der Waals surface area contributed by atoms with Crippen LogP contribution in [0, 0.1) is 16.7 Å². The van der Waals surface area contributed by atoms with Gasteiger partial charge in [-0.15, -0.1) is 0 Å². The Morgan fingerprint density at radius 1 is 1.10 bits per heavy atom. The molecule has 0 saturated heterocycles. The predicted octanol–water partition coefficient (Wildman–Crippen LogP) is 5.83. The summed E-state index contributed by atoms with van der Waals surface area (Å²) in [6, 6.07) is 10.5. The maximum absolute atomic E-state index is 6.15. The second-order valence-corrected chi connectivity index (χ2v) is 8.06. The molecule has 1 heteroatoms. The third kappa shape index (κ3) is 3.69. The van der Waals surface area contributed by atoms with Crippen LogP contribution in [0.5, 0.6) is 0 Å². The van der Waals surface area contributed by atoms with E-state index in [1.54, 1.807) is 0 Å². The Morgan fingerprint density at radius 2 is 1.67 bits per heavy atom. The van der Waals surface area contributed by atoms with Gasteiger partial charge in [0.2, 0.25) is 0 Å². The molecule has 1 aliphatic carbocycles. The van der Waals surface area contributed by atoms with Gasteiger partial charge in [0, 0.05) is 0 Å². The normalized spacial score (nSPS) is 27.0. The lowest BCUT2D eigenvalue weighted by Crippen LogP contribution is -2.44. The van der Waals surface area contributed by atoms with Crippen molar-refractivity contribution in [1.29, 1.82) is 0 Å². The summed E-state index contributed by atoms with van der Waals surface area (Å²) in [4.78, 5) is 0. The molecule has 0 spiro atoms. The fraction of sp³-hybridized carbons (Fsp3) is 0.700. The van der Waals surface area contributed by atoms with Gasteiger partial charge in [0.25, 0.3) is 0 Å². The van der Waals surface area contributed by atoms with Gasteiger partial charge in [0.15, 0.2) is 0 Å². The van der Waals surface area contributed by atoms with Gasteiger partial charge in [-0.05, 0) is 48.0 Å². The number of hydrogen-bond acceptors (Lipinski definition) is 1. The largest absolute Gasteiger partial charge is 0.374 e. The number of rotatable bonds is 4. The van der Waals surface area contributed by atoms with Crippen LogP contribution < -0.4 is 0 Å². The quantitative estimate of drug-likeness (QED) is 0.677. The van der Waals surface area contributed by atoms with E-state index in [9.17, 15) is 0 Å². The van der Waals surface area contributed by atoms with Gasteiger partial charge in [-0.2, -0.15) is 0 Å². The first-order valence-corrected chi connectivity index (χ1v) is 8.51. The highest BCUT2D eigenvalue weighted by molar-refractivity contribution is 5.13. The molecule has 21 heavy (non-hydrogen) atoms. The Bertz CT molecular complexity index is 419. The molecule has 1 aromatic rings. The fourth-order valence-corrected chi connectivity index (χ4v) is 4.25. The Balaban J connectivity index is 1.90. The van der Waals surface area contributed by atoms with E-state index in [2.05, 4.69) is 65.0 Å². The fourth-order valence-electron chi connectivity index (χ4n) is 4.25. The van der Waals surface area contributed by atoms with E-state index in [1.807, 2.05) is 0 Å². The first-order chi connectivity index (χ1) is 9.85. The zero-order valence-electron chi connectivity index (χ0n) is 14.5. The summed E-state index contributed by atoms with van der Waals surface area (Å²) >= 11 is 0. The van der Waals surface area contributed by atoms with Gasteiger partial charge in [-0.3, -0.25) is 0 Å². The zero-order chi connectivity index (χ0) is 15.5. The van der Waals surface area contributed by atoms with E-state index in [4.69, 9.17) is 4.74 Å². The molecule has 0 radical (unpaired) electrons. The minimum absolute atomic E-state index is 0.381. The van der Waals surface area contributed by atoms with E-state index in [-0.39, 0.29) is 0 Å².